The molecular weight excluding hydrogens is 292 g/mol. The molecule has 6 nitrogen and oxygen atoms in total. The normalized spacial score (nSPS) is 13.9. The summed E-state index contributed by atoms with van der Waals surface area (Å²) in [4.78, 5) is 26.2. The van der Waals surface area contributed by atoms with Gasteiger partial charge < -0.3 is 14.6 Å². The highest BCUT2D eigenvalue weighted by molar-refractivity contribution is 6.04. The van der Waals surface area contributed by atoms with Crippen LogP contribution < -0.4 is 4.90 Å². The molecule has 1 aromatic carbocycles. The van der Waals surface area contributed by atoms with Gasteiger partial charge in [0.2, 0.25) is 5.95 Å². The molecule has 2 aromatic heterocycles. The Morgan fingerprint density at radius 2 is 2.09 bits per heavy atom. The number of aromatic amines is 1. The summed E-state index contributed by atoms with van der Waals surface area (Å²) < 4.78 is 4.88. The number of para-hydroxylation sites is 1. The first-order chi connectivity index (χ1) is 11.3. The van der Waals surface area contributed by atoms with E-state index in [1.807, 2.05) is 18.2 Å². The van der Waals surface area contributed by atoms with Gasteiger partial charge in [-0.1, -0.05) is 12.1 Å². The summed E-state index contributed by atoms with van der Waals surface area (Å²) in [5.74, 6) is 0.411. The predicted octanol–water partition coefficient (Wildman–Crippen LogP) is 2.31. The highest BCUT2D eigenvalue weighted by Gasteiger charge is 2.24. The first kappa shape index (κ1) is 13.8. The number of hydrogen-bond acceptors (Lipinski definition) is 5. The number of esters is 1. The van der Waals surface area contributed by atoms with Crippen LogP contribution in [0.1, 0.15) is 21.6 Å². The number of benzene rings is 1. The van der Waals surface area contributed by atoms with E-state index in [4.69, 9.17) is 4.74 Å². The second kappa shape index (κ2) is 5.39. The summed E-state index contributed by atoms with van der Waals surface area (Å²) in [5, 5.41) is 1.06. The third-order valence-electron chi connectivity index (χ3n) is 4.25. The van der Waals surface area contributed by atoms with Crippen LogP contribution in [0.2, 0.25) is 0 Å². The van der Waals surface area contributed by atoms with Crippen LogP contribution >= 0.6 is 0 Å². The van der Waals surface area contributed by atoms with Gasteiger partial charge in [-0.15, -0.1) is 0 Å². The average Bonchev–Trinajstić information content (AvgIpc) is 2.99. The maximum absolute atomic E-state index is 12.0. The fraction of sp³-hybridized carbons (Fsp3) is 0.235. The lowest BCUT2D eigenvalue weighted by molar-refractivity contribution is 0.0603. The quantitative estimate of drug-likeness (QED) is 0.736. The Kier molecular flexibility index (Phi) is 3.22. The van der Waals surface area contributed by atoms with E-state index in [9.17, 15) is 4.79 Å². The Balaban J connectivity index is 1.78. The van der Waals surface area contributed by atoms with Crippen LogP contribution in [0.25, 0.3) is 10.9 Å². The number of fused-ring (bicyclic) bond motifs is 3. The number of nitrogens with zero attached hydrogens (tertiary/aromatic N) is 3. The fourth-order valence-electron chi connectivity index (χ4n) is 3.14. The number of methoxy groups -OCH3 is 1. The summed E-state index contributed by atoms with van der Waals surface area (Å²) in [7, 11) is 1.40. The standard InChI is InChI=1S/C17H16N4O2/c1-23-16(22)12-5-2-4-11-13-10-21(17-18-7-3-8-19-17)9-6-14(13)20-15(11)12/h2-5,7-8,20H,6,9-10H2,1H3. The molecule has 3 heterocycles. The van der Waals surface area contributed by atoms with Crippen LogP contribution in [0.5, 0.6) is 0 Å². The molecule has 0 radical (unpaired) electrons. The van der Waals surface area contributed by atoms with Gasteiger partial charge in [0, 0.05) is 48.5 Å². The lowest BCUT2D eigenvalue weighted by Gasteiger charge is -2.27. The molecule has 0 unspecified atom stereocenters. The molecule has 1 aliphatic rings. The first-order valence-corrected chi connectivity index (χ1v) is 7.50. The second-order valence-corrected chi connectivity index (χ2v) is 5.52. The summed E-state index contributed by atoms with van der Waals surface area (Å²) >= 11 is 0. The Morgan fingerprint density at radius 3 is 2.87 bits per heavy atom. The zero-order valence-corrected chi connectivity index (χ0v) is 12.7. The van der Waals surface area contributed by atoms with Crippen LogP contribution in [0.15, 0.2) is 36.7 Å². The van der Waals surface area contributed by atoms with E-state index < -0.39 is 0 Å². The van der Waals surface area contributed by atoms with Crippen molar-refractivity contribution in [2.75, 3.05) is 18.6 Å². The molecule has 4 rings (SSSR count). The van der Waals surface area contributed by atoms with E-state index >= 15 is 0 Å². The van der Waals surface area contributed by atoms with E-state index in [0.717, 1.165) is 36.4 Å². The van der Waals surface area contributed by atoms with Crippen molar-refractivity contribution in [1.82, 2.24) is 15.0 Å². The maximum Gasteiger partial charge on any atom is 0.339 e. The van der Waals surface area contributed by atoms with Crippen LogP contribution in [0.3, 0.4) is 0 Å². The summed E-state index contributed by atoms with van der Waals surface area (Å²) in [6, 6.07) is 7.52. The fourth-order valence-corrected chi connectivity index (χ4v) is 3.14. The minimum Gasteiger partial charge on any atom is -0.465 e. The molecular formula is C17H16N4O2. The highest BCUT2D eigenvalue weighted by atomic mass is 16.5. The van der Waals surface area contributed by atoms with Gasteiger partial charge in [0.25, 0.3) is 0 Å². The van der Waals surface area contributed by atoms with Gasteiger partial charge in [-0.25, -0.2) is 14.8 Å². The van der Waals surface area contributed by atoms with Gasteiger partial charge >= 0.3 is 5.97 Å². The largest absolute Gasteiger partial charge is 0.465 e. The summed E-state index contributed by atoms with van der Waals surface area (Å²) in [5.41, 5.74) is 3.79. The van der Waals surface area contributed by atoms with E-state index in [1.165, 1.54) is 18.4 Å². The van der Waals surface area contributed by atoms with Crippen molar-refractivity contribution >= 4 is 22.8 Å². The molecule has 0 aliphatic carbocycles. The van der Waals surface area contributed by atoms with Crippen molar-refractivity contribution in [2.45, 2.75) is 13.0 Å². The molecule has 0 fully saturated rings. The van der Waals surface area contributed by atoms with Gasteiger partial charge in [0.15, 0.2) is 0 Å². The number of nitrogens with one attached hydrogen (secondary N) is 1. The van der Waals surface area contributed by atoms with Crippen LogP contribution in [0, 0.1) is 0 Å². The van der Waals surface area contributed by atoms with Crippen molar-refractivity contribution in [1.29, 1.82) is 0 Å². The number of carbonyl (C=O) groups is 1. The topological polar surface area (TPSA) is 71.1 Å². The van der Waals surface area contributed by atoms with Crippen LogP contribution in [-0.2, 0) is 17.7 Å². The molecule has 6 heteroatoms. The van der Waals surface area contributed by atoms with Crippen molar-refractivity contribution in [3.05, 3.63) is 53.5 Å². The van der Waals surface area contributed by atoms with Crippen molar-refractivity contribution in [3.8, 4) is 0 Å². The second-order valence-electron chi connectivity index (χ2n) is 5.52. The van der Waals surface area contributed by atoms with Gasteiger partial charge in [-0.05, 0) is 12.1 Å². The van der Waals surface area contributed by atoms with Crippen molar-refractivity contribution in [3.63, 3.8) is 0 Å². The van der Waals surface area contributed by atoms with Gasteiger partial charge in [-0.2, -0.15) is 0 Å². The number of anilines is 1. The van der Waals surface area contributed by atoms with Crippen molar-refractivity contribution < 1.29 is 9.53 Å². The molecule has 1 aliphatic heterocycles. The Labute approximate surface area is 133 Å². The van der Waals surface area contributed by atoms with E-state index in [-0.39, 0.29) is 5.97 Å². The van der Waals surface area contributed by atoms with E-state index in [1.54, 1.807) is 18.5 Å². The third-order valence-corrected chi connectivity index (χ3v) is 4.25. The number of carbonyl (C=O) groups excluding carboxylic acids is 1. The monoisotopic (exact) mass is 308 g/mol. The van der Waals surface area contributed by atoms with Crippen molar-refractivity contribution in [2.24, 2.45) is 0 Å². The molecule has 0 saturated carbocycles. The average molecular weight is 308 g/mol. The van der Waals surface area contributed by atoms with Gasteiger partial charge in [-0.3, -0.25) is 0 Å². The zero-order chi connectivity index (χ0) is 15.8. The molecule has 1 N–H and O–H groups in total. The number of rotatable bonds is 2. The summed E-state index contributed by atoms with van der Waals surface area (Å²) in [6.07, 6.45) is 4.37. The Morgan fingerprint density at radius 1 is 1.26 bits per heavy atom. The maximum atomic E-state index is 12.0. The summed E-state index contributed by atoms with van der Waals surface area (Å²) in [6.45, 7) is 1.57. The molecule has 0 amide bonds. The van der Waals surface area contributed by atoms with Gasteiger partial charge in [0.05, 0.1) is 18.2 Å². The van der Waals surface area contributed by atoms with E-state index in [0.29, 0.717) is 5.56 Å². The van der Waals surface area contributed by atoms with Gasteiger partial charge in [0.1, 0.15) is 0 Å². The number of ether oxygens (including phenoxy) is 1. The smallest absolute Gasteiger partial charge is 0.339 e. The number of hydrogen-bond donors (Lipinski definition) is 1. The van der Waals surface area contributed by atoms with Crippen LogP contribution in [-0.4, -0.2) is 34.6 Å². The Hall–Kier alpha value is -2.89. The molecule has 23 heavy (non-hydrogen) atoms. The number of aromatic nitrogens is 3. The molecule has 116 valence electrons. The zero-order valence-electron chi connectivity index (χ0n) is 12.7. The van der Waals surface area contributed by atoms with Crippen LogP contribution in [0.4, 0.5) is 5.95 Å². The third kappa shape index (κ3) is 2.23. The molecule has 0 spiro atoms. The lowest BCUT2D eigenvalue weighted by atomic mass is 10.0. The minimum absolute atomic E-state index is 0.322. The molecule has 3 aromatic rings. The Bertz CT molecular complexity index is 873. The molecule has 0 atom stereocenters. The SMILES string of the molecule is COC(=O)c1cccc2c3c([nH]c12)CCN(c1ncccn1)C3. The molecule has 0 saturated heterocycles. The number of H-pyrrole nitrogens is 1. The van der Waals surface area contributed by atoms with E-state index in [2.05, 4.69) is 19.9 Å². The minimum atomic E-state index is -0.322. The highest BCUT2D eigenvalue weighted by Crippen LogP contribution is 2.30. The lowest BCUT2D eigenvalue weighted by Crippen LogP contribution is -2.31. The first-order valence-electron chi connectivity index (χ1n) is 7.50. The predicted molar refractivity (Wildman–Crippen MR) is 86.4 cm³/mol. The molecule has 0 bridgehead atoms.